The molecule has 1 aromatic heterocycles. The van der Waals surface area contributed by atoms with Crippen LogP contribution in [0.5, 0.6) is 0 Å². The van der Waals surface area contributed by atoms with Gasteiger partial charge in [-0.1, -0.05) is 12.1 Å². The summed E-state index contributed by atoms with van der Waals surface area (Å²) < 4.78 is 65.9. The molecule has 0 amide bonds. The normalized spacial score (nSPS) is 25.2. The molecule has 3 aliphatic rings. The quantitative estimate of drug-likeness (QED) is 0.319. The summed E-state index contributed by atoms with van der Waals surface area (Å²) >= 11 is 1.31. The van der Waals surface area contributed by atoms with Crippen molar-refractivity contribution in [2.75, 3.05) is 32.8 Å². The van der Waals surface area contributed by atoms with Gasteiger partial charge in [0.25, 0.3) is 5.92 Å². The van der Waals surface area contributed by atoms with Gasteiger partial charge in [-0.2, -0.15) is 0 Å². The van der Waals surface area contributed by atoms with Gasteiger partial charge >= 0.3 is 11.9 Å². The number of ether oxygens (including phenoxy) is 1. The number of likely N-dealkylation sites (tertiary alicyclic amines) is 2. The van der Waals surface area contributed by atoms with Crippen LogP contribution in [0, 0.1) is 19.7 Å². The molecule has 1 aromatic carbocycles. The molecule has 0 aliphatic carbocycles. The Labute approximate surface area is 250 Å². The Morgan fingerprint density at radius 1 is 1.28 bits per heavy atom. The van der Waals surface area contributed by atoms with Crippen LogP contribution in [-0.4, -0.2) is 94.1 Å². The third kappa shape index (κ3) is 5.92. The first-order chi connectivity index (χ1) is 20.2. The second-order valence-electron chi connectivity index (χ2n) is 11.3. The summed E-state index contributed by atoms with van der Waals surface area (Å²) in [6.07, 6.45) is 0.247. The topological polar surface area (TPSA) is 107 Å². The molecule has 3 aliphatic heterocycles. The molecule has 43 heavy (non-hydrogen) atoms. The smallest absolute Gasteiger partial charge is 0.342 e. The third-order valence-electron chi connectivity index (χ3n) is 8.14. The number of nitrogens with one attached hydrogen (secondary N) is 1. The van der Waals surface area contributed by atoms with Gasteiger partial charge in [0, 0.05) is 42.4 Å². The fourth-order valence-electron chi connectivity index (χ4n) is 6.14. The molecule has 4 heterocycles. The van der Waals surface area contributed by atoms with Gasteiger partial charge in [0.2, 0.25) is 5.67 Å². The minimum Gasteiger partial charge on any atom is -0.479 e. The standard InChI is InChI=1S/C29H33F4N5O4S/c1-5-42-26(39)21-19(11-38-14-29(32,33)23-20(38)9-10-37(23)13-28(4,31)27(40)41)35-24(25-34-15(2)12-43-25)36-22(21)17-7-6-8-18(30)16(17)3/h6-8,12,20,22-23H,5,9-11,13-14H2,1-4H3,(H,35,36)(H,40,41)/t20-,22-,23+,28-/m0/s1. The van der Waals surface area contributed by atoms with Crippen molar-refractivity contribution in [3.8, 4) is 0 Å². The molecule has 2 saturated heterocycles. The number of fused-ring (bicyclic) bond motifs is 1. The van der Waals surface area contributed by atoms with E-state index in [2.05, 4.69) is 10.3 Å². The highest BCUT2D eigenvalue weighted by Crippen LogP contribution is 2.43. The van der Waals surface area contributed by atoms with E-state index in [1.54, 1.807) is 19.9 Å². The summed E-state index contributed by atoms with van der Waals surface area (Å²) in [6.45, 7) is 4.51. The lowest BCUT2D eigenvalue weighted by Gasteiger charge is -2.32. The molecule has 2 N–H and O–H groups in total. The minimum atomic E-state index is -3.28. The Hall–Kier alpha value is -3.36. The number of hydrogen-bond donors (Lipinski definition) is 2. The van der Waals surface area contributed by atoms with Crippen molar-refractivity contribution in [2.24, 2.45) is 4.99 Å². The zero-order chi connectivity index (χ0) is 31.3. The number of alkyl halides is 3. The van der Waals surface area contributed by atoms with Crippen LogP contribution in [0.2, 0.25) is 0 Å². The molecule has 0 saturated carbocycles. The van der Waals surface area contributed by atoms with E-state index >= 15 is 8.78 Å². The summed E-state index contributed by atoms with van der Waals surface area (Å²) in [5, 5.41) is 14.7. The number of hydrogen-bond acceptors (Lipinski definition) is 9. The monoisotopic (exact) mass is 623 g/mol. The van der Waals surface area contributed by atoms with Crippen molar-refractivity contribution in [1.29, 1.82) is 0 Å². The van der Waals surface area contributed by atoms with Crippen LogP contribution in [0.15, 0.2) is 39.8 Å². The highest BCUT2D eigenvalue weighted by atomic mass is 32.1. The van der Waals surface area contributed by atoms with Crippen molar-refractivity contribution in [1.82, 2.24) is 20.1 Å². The lowest BCUT2D eigenvalue weighted by atomic mass is 9.92. The van der Waals surface area contributed by atoms with Gasteiger partial charge in [-0.25, -0.2) is 32.1 Å². The van der Waals surface area contributed by atoms with Gasteiger partial charge < -0.3 is 15.2 Å². The summed E-state index contributed by atoms with van der Waals surface area (Å²) in [7, 11) is 0. The highest BCUT2D eigenvalue weighted by Gasteiger charge is 2.60. The van der Waals surface area contributed by atoms with Crippen molar-refractivity contribution in [2.45, 2.75) is 63.8 Å². The number of aliphatic carboxylic acids is 1. The van der Waals surface area contributed by atoms with Crippen LogP contribution >= 0.6 is 11.3 Å². The number of aryl methyl sites for hydroxylation is 1. The van der Waals surface area contributed by atoms with Crippen molar-refractivity contribution < 1.29 is 37.0 Å². The largest absolute Gasteiger partial charge is 0.479 e. The number of esters is 1. The van der Waals surface area contributed by atoms with E-state index in [4.69, 9.17) is 9.73 Å². The first-order valence-corrected chi connectivity index (χ1v) is 14.8. The second-order valence-corrected chi connectivity index (χ2v) is 12.2. The maximum absolute atomic E-state index is 15.5. The van der Waals surface area contributed by atoms with E-state index < -0.39 is 60.6 Å². The SMILES string of the molecule is CCOC(=O)C1=C(CN2CC(F)(F)[C@H]3[C@@H]2CCN3C[C@](C)(F)C(=O)O)NC(c2nc(C)cs2)=N[C@H]1c1cccc(F)c1C. The van der Waals surface area contributed by atoms with Gasteiger partial charge in [-0.15, -0.1) is 11.3 Å². The Morgan fingerprint density at radius 3 is 2.67 bits per heavy atom. The number of thiazole rings is 1. The molecule has 232 valence electrons. The van der Waals surface area contributed by atoms with E-state index in [0.29, 0.717) is 16.4 Å². The molecular formula is C29H33F4N5O4S. The number of aromatic nitrogens is 1. The summed E-state index contributed by atoms with van der Waals surface area (Å²) in [6, 6.07) is 1.31. The predicted molar refractivity (Wildman–Crippen MR) is 151 cm³/mol. The van der Waals surface area contributed by atoms with Gasteiger partial charge in [-0.3, -0.25) is 14.8 Å². The maximum atomic E-state index is 15.5. The number of halogens is 4. The van der Waals surface area contributed by atoms with E-state index in [9.17, 15) is 23.5 Å². The molecule has 14 heteroatoms. The Bertz CT molecular complexity index is 1490. The number of carboxylic acids is 1. The number of carbonyl (C=O) groups is 2. The predicted octanol–water partition coefficient (Wildman–Crippen LogP) is 4.01. The Morgan fingerprint density at radius 2 is 2.02 bits per heavy atom. The number of amidine groups is 1. The number of benzene rings is 1. The Kier molecular flexibility index (Phi) is 8.40. The van der Waals surface area contributed by atoms with Crippen LogP contribution in [-0.2, 0) is 14.3 Å². The van der Waals surface area contributed by atoms with Crippen LogP contribution in [0.4, 0.5) is 17.6 Å². The lowest BCUT2D eigenvalue weighted by Crippen LogP contribution is -2.51. The summed E-state index contributed by atoms with van der Waals surface area (Å²) in [4.78, 5) is 36.8. The lowest BCUT2D eigenvalue weighted by molar-refractivity contribution is -0.152. The van der Waals surface area contributed by atoms with Gasteiger partial charge in [0.15, 0.2) is 10.8 Å². The number of aliphatic imine (C=N–C) groups is 1. The first-order valence-electron chi connectivity index (χ1n) is 13.9. The van der Waals surface area contributed by atoms with Crippen molar-refractivity contribution >= 4 is 29.1 Å². The van der Waals surface area contributed by atoms with Crippen LogP contribution in [0.25, 0.3) is 0 Å². The number of rotatable bonds is 9. The molecular weight excluding hydrogens is 590 g/mol. The zero-order valence-corrected chi connectivity index (χ0v) is 25.0. The highest BCUT2D eigenvalue weighted by molar-refractivity contribution is 7.11. The van der Waals surface area contributed by atoms with Crippen molar-refractivity contribution in [3.05, 3.63) is 62.5 Å². The van der Waals surface area contributed by atoms with E-state index in [-0.39, 0.29) is 43.0 Å². The van der Waals surface area contributed by atoms with E-state index in [0.717, 1.165) is 12.6 Å². The molecule has 5 rings (SSSR count). The summed E-state index contributed by atoms with van der Waals surface area (Å²) in [5.41, 5.74) is -0.937. The van der Waals surface area contributed by atoms with Gasteiger partial charge in [-0.05, 0) is 51.3 Å². The molecule has 0 unspecified atom stereocenters. The van der Waals surface area contributed by atoms with Crippen LogP contribution in [0.1, 0.15) is 48.1 Å². The Balaban J connectivity index is 1.56. The number of nitrogens with zero attached hydrogens (tertiary/aromatic N) is 4. The molecule has 2 fully saturated rings. The molecule has 0 radical (unpaired) electrons. The average molecular weight is 624 g/mol. The average Bonchev–Trinajstić information content (AvgIpc) is 3.61. The van der Waals surface area contributed by atoms with Gasteiger partial charge in [0.05, 0.1) is 24.8 Å². The zero-order valence-electron chi connectivity index (χ0n) is 24.2. The summed E-state index contributed by atoms with van der Waals surface area (Å²) in [5.74, 6) is -5.90. The molecule has 0 bridgehead atoms. The number of carbonyl (C=O) groups excluding carboxylic acids is 1. The fraction of sp³-hybridized carbons (Fsp3) is 0.517. The second kappa shape index (κ2) is 11.6. The first kappa shape index (κ1) is 31.1. The fourth-order valence-corrected chi connectivity index (χ4v) is 6.89. The van der Waals surface area contributed by atoms with Crippen molar-refractivity contribution in [3.63, 3.8) is 0 Å². The minimum absolute atomic E-state index is 0.0414. The maximum Gasteiger partial charge on any atom is 0.342 e. The van der Waals surface area contributed by atoms with E-state index in [1.807, 2.05) is 12.3 Å². The third-order valence-corrected chi connectivity index (χ3v) is 9.11. The van der Waals surface area contributed by atoms with E-state index in [1.165, 1.54) is 33.3 Å². The van der Waals surface area contributed by atoms with Crippen LogP contribution < -0.4 is 5.32 Å². The van der Waals surface area contributed by atoms with Gasteiger partial charge in [0.1, 0.15) is 11.9 Å². The number of carboxylic acid groups (broad SMARTS) is 1. The molecule has 2 aromatic rings. The molecule has 0 spiro atoms. The molecule has 4 atom stereocenters. The van der Waals surface area contributed by atoms with Crippen LogP contribution in [0.3, 0.4) is 0 Å². The molecule has 9 nitrogen and oxygen atoms in total.